The topological polar surface area (TPSA) is 72.1 Å². The summed E-state index contributed by atoms with van der Waals surface area (Å²) < 4.78 is 0. The summed E-state index contributed by atoms with van der Waals surface area (Å²) in [4.78, 5) is 26.0. The Kier molecular flexibility index (Phi) is 4.80. The quantitative estimate of drug-likeness (QED) is 0.514. The number of carbonyl (C=O) groups is 1. The number of thioether (sulfide) groups is 1. The molecule has 1 aromatic heterocycles. The van der Waals surface area contributed by atoms with E-state index < -0.39 is 0 Å². The Morgan fingerprint density at radius 2 is 1.67 bits per heavy atom. The maximum atomic E-state index is 13.4. The van der Waals surface area contributed by atoms with E-state index in [9.17, 15) is 4.79 Å². The number of aryl methyl sites for hydroxylation is 1. The summed E-state index contributed by atoms with van der Waals surface area (Å²) in [6, 6.07) is 17.6. The van der Waals surface area contributed by atoms with Gasteiger partial charge in [-0.15, -0.1) is 0 Å². The van der Waals surface area contributed by atoms with Gasteiger partial charge in [0.25, 0.3) is 0 Å². The number of nitrogens with zero attached hydrogens (tertiary/aromatic N) is 3. The Hall–Kier alpha value is -2.51. The molecule has 0 saturated carbocycles. The predicted octanol–water partition coefficient (Wildman–Crippen LogP) is 4.68. The first-order chi connectivity index (χ1) is 13.0. The lowest BCUT2D eigenvalue weighted by atomic mass is 10.2. The molecule has 0 bridgehead atoms. The Balaban J connectivity index is 1.69. The second-order valence-corrected chi connectivity index (χ2v) is 8.58. The average molecular weight is 395 g/mol. The van der Waals surface area contributed by atoms with Crippen molar-refractivity contribution in [3.05, 3.63) is 60.3 Å². The zero-order valence-corrected chi connectivity index (χ0v) is 16.6. The number of hydrogen-bond donors (Lipinski definition) is 1. The van der Waals surface area contributed by atoms with E-state index in [-0.39, 0.29) is 11.2 Å². The summed E-state index contributed by atoms with van der Waals surface area (Å²) >= 11 is 3.00. The maximum Gasteiger partial charge on any atom is 0.244 e. The van der Waals surface area contributed by atoms with Gasteiger partial charge in [-0.2, -0.15) is 0 Å². The number of fused-ring (bicyclic) bond motifs is 2. The fourth-order valence-electron chi connectivity index (χ4n) is 2.95. The molecule has 0 saturated heterocycles. The fourth-order valence-corrected chi connectivity index (χ4v) is 4.89. The number of para-hydroxylation sites is 2. The van der Waals surface area contributed by atoms with Crippen LogP contribution in [-0.4, -0.2) is 21.1 Å². The lowest BCUT2D eigenvalue weighted by Gasteiger charge is -2.32. The zero-order chi connectivity index (χ0) is 19.0. The first kappa shape index (κ1) is 17.9. The molecule has 1 unspecified atom stereocenters. The minimum atomic E-state index is -0.365. The molecule has 5 nitrogen and oxygen atoms in total. The molecule has 27 heavy (non-hydrogen) atoms. The van der Waals surface area contributed by atoms with Crippen molar-refractivity contribution in [3.63, 3.8) is 0 Å². The SMILES string of the molecule is Cc1cc(N)nc(SC(C)C(=O)N2c3ccccc3Sc3ccccc32)n1. The molecule has 1 atom stereocenters. The van der Waals surface area contributed by atoms with Crippen LogP contribution in [-0.2, 0) is 4.79 Å². The third kappa shape index (κ3) is 3.52. The van der Waals surface area contributed by atoms with E-state index in [1.165, 1.54) is 11.8 Å². The number of aromatic nitrogens is 2. The summed E-state index contributed by atoms with van der Waals surface area (Å²) in [5, 5.41) is 0.150. The number of rotatable bonds is 3. The van der Waals surface area contributed by atoms with E-state index in [0.29, 0.717) is 11.0 Å². The van der Waals surface area contributed by atoms with Gasteiger partial charge in [0, 0.05) is 21.6 Å². The van der Waals surface area contributed by atoms with E-state index in [0.717, 1.165) is 26.9 Å². The number of benzene rings is 2. The number of amides is 1. The van der Waals surface area contributed by atoms with Gasteiger partial charge in [0.05, 0.1) is 16.6 Å². The maximum absolute atomic E-state index is 13.4. The normalized spacial score (nSPS) is 13.6. The van der Waals surface area contributed by atoms with E-state index in [1.54, 1.807) is 22.7 Å². The van der Waals surface area contributed by atoms with Gasteiger partial charge in [-0.1, -0.05) is 47.8 Å². The van der Waals surface area contributed by atoms with Crippen LogP contribution in [0, 0.1) is 6.92 Å². The van der Waals surface area contributed by atoms with Crippen molar-refractivity contribution in [2.75, 3.05) is 10.6 Å². The molecule has 1 aliphatic rings. The lowest BCUT2D eigenvalue weighted by molar-refractivity contribution is -0.117. The van der Waals surface area contributed by atoms with Crippen molar-refractivity contribution < 1.29 is 4.79 Å². The molecule has 3 aromatic rings. The number of nitrogens with two attached hydrogens (primary N) is 1. The van der Waals surface area contributed by atoms with Crippen LogP contribution in [0.2, 0.25) is 0 Å². The second-order valence-electron chi connectivity index (χ2n) is 6.19. The van der Waals surface area contributed by atoms with Gasteiger partial charge in [-0.05, 0) is 38.1 Å². The van der Waals surface area contributed by atoms with Crippen LogP contribution in [0.15, 0.2) is 69.5 Å². The van der Waals surface area contributed by atoms with Crippen LogP contribution >= 0.6 is 23.5 Å². The van der Waals surface area contributed by atoms with Crippen molar-refractivity contribution in [1.29, 1.82) is 0 Å². The molecule has 1 aliphatic heterocycles. The molecule has 4 rings (SSSR count). The molecular formula is C20H18N4OS2. The van der Waals surface area contributed by atoms with Gasteiger partial charge < -0.3 is 5.73 Å². The highest BCUT2D eigenvalue weighted by Gasteiger charge is 2.31. The monoisotopic (exact) mass is 394 g/mol. The number of anilines is 3. The van der Waals surface area contributed by atoms with Crippen molar-refractivity contribution in [3.8, 4) is 0 Å². The average Bonchev–Trinajstić information content (AvgIpc) is 2.64. The smallest absolute Gasteiger partial charge is 0.244 e. The second kappa shape index (κ2) is 7.25. The van der Waals surface area contributed by atoms with Gasteiger partial charge >= 0.3 is 0 Å². The molecule has 0 aliphatic carbocycles. The highest BCUT2D eigenvalue weighted by atomic mass is 32.2. The van der Waals surface area contributed by atoms with Crippen LogP contribution in [0.25, 0.3) is 0 Å². The molecule has 0 radical (unpaired) electrons. The van der Waals surface area contributed by atoms with E-state index >= 15 is 0 Å². The molecule has 0 fully saturated rings. The standard InChI is InChI=1S/C20H18N4OS2/c1-12-11-18(21)23-20(22-12)26-13(2)19(25)24-14-7-3-5-9-16(14)27-17-10-6-4-8-15(17)24/h3-11,13H,1-2H3,(H2,21,22,23). The van der Waals surface area contributed by atoms with Crippen LogP contribution in [0.3, 0.4) is 0 Å². The molecule has 0 spiro atoms. The Bertz CT molecular complexity index is 959. The fraction of sp³-hybridized carbons (Fsp3) is 0.150. The highest BCUT2D eigenvalue weighted by molar-refractivity contribution is 8.00. The predicted molar refractivity (Wildman–Crippen MR) is 111 cm³/mol. The third-order valence-electron chi connectivity index (χ3n) is 4.14. The molecule has 7 heteroatoms. The third-order valence-corrected chi connectivity index (χ3v) is 6.21. The number of nitrogen functional groups attached to an aromatic ring is 1. The lowest BCUT2D eigenvalue weighted by Crippen LogP contribution is -2.34. The van der Waals surface area contributed by atoms with Gasteiger partial charge in [-0.3, -0.25) is 9.69 Å². The molecule has 2 aromatic carbocycles. The summed E-state index contributed by atoms with van der Waals surface area (Å²) in [7, 11) is 0. The van der Waals surface area contributed by atoms with E-state index in [1.807, 2.05) is 62.4 Å². The van der Waals surface area contributed by atoms with Gasteiger partial charge in [-0.25, -0.2) is 9.97 Å². The first-order valence-electron chi connectivity index (χ1n) is 8.50. The minimum absolute atomic E-state index is 0.0103. The molecule has 2 heterocycles. The van der Waals surface area contributed by atoms with Crippen LogP contribution in [0.5, 0.6) is 0 Å². The Morgan fingerprint density at radius 1 is 1.07 bits per heavy atom. The van der Waals surface area contributed by atoms with Gasteiger partial charge in [0.1, 0.15) is 5.82 Å². The minimum Gasteiger partial charge on any atom is -0.384 e. The summed E-state index contributed by atoms with van der Waals surface area (Å²) in [5.41, 5.74) is 8.42. The van der Waals surface area contributed by atoms with Crippen LogP contribution < -0.4 is 10.6 Å². The van der Waals surface area contributed by atoms with E-state index in [2.05, 4.69) is 9.97 Å². The highest BCUT2D eigenvalue weighted by Crippen LogP contribution is 2.48. The summed E-state index contributed by atoms with van der Waals surface area (Å²) in [6.45, 7) is 3.74. The van der Waals surface area contributed by atoms with Crippen molar-refractivity contribution in [1.82, 2.24) is 9.97 Å². The largest absolute Gasteiger partial charge is 0.384 e. The number of hydrogen-bond acceptors (Lipinski definition) is 6. The zero-order valence-electron chi connectivity index (χ0n) is 14.9. The van der Waals surface area contributed by atoms with Crippen molar-refractivity contribution >= 4 is 46.6 Å². The van der Waals surface area contributed by atoms with Crippen molar-refractivity contribution in [2.24, 2.45) is 0 Å². The molecule has 136 valence electrons. The number of carbonyl (C=O) groups excluding carboxylic acids is 1. The summed E-state index contributed by atoms with van der Waals surface area (Å²) in [6.07, 6.45) is 0. The Morgan fingerprint density at radius 3 is 2.26 bits per heavy atom. The van der Waals surface area contributed by atoms with Gasteiger partial charge in [0.15, 0.2) is 5.16 Å². The van der Waals surface area contributed by atoms with E-state index in [4.69, 9.17) is 5.73 Å². The molecule has 1 amide bonds. The first-order valence-corrected chi connectivity index (χ1v) is 10.2. The Labute approximate surface area is 166 Å². The molecular weight excluding hydrogens is 376 g/mol. The molecule has 2 N–H and O–H groups in total. The van der Waals surface area contributed by atoms with Gasteiger partial charge in [0.2, 0.25) is 5.91 Å². The van der Waals surface area contributed by atoms with Crippen molar-refractivity contribution in [2.45, 2.75) is 34.0 Å². The van der Waals surface area contributed by atoms with Crippen LogP contribution in [0.1, 0.15) is 12.6 Å². The summed E-state index contributed by atoms with van der Waals surface area (Å²) in [5.74, 6) is 0.401. The van der Waals surface area contributed by atoms with Crippen LogP contribution in [0.4, 0.5) is 17.2 Å².